The first-order valence-electron chi connectivity index (χ1n) is 5.37. The molecule has 1 aromatic carbocycles. The molecule has 0 saturated heterocycles. The van der Waals surface area contributed by atoms with Gasteiger partial charge in [-0.05, 0) is 34.7 Å². The van der Waals surface area contributed by atoms with E-state index in [-0.39, 0.29) is 12.5 Å². The number of amides is 1. The Hall–Kier alpha value is -2.44. The molecule has 0 atom stereocenters. The highest BCUT2D eigenvalue weighted by atomic mass is 16.5. The van der Waals surface area contributed by atoms with E-state index in [9.17, 15) is 4.79 Å². The molecule has 0 saturated carbocycles. The van der Waals surface area contributed by atoms with Gasteiger partial charge in [0, 0.05) is 6.92 Å². The van der Waals surface area contributed by atoms with Crippen LogP contribution in [-0.2, 0) is 11.3 Å². The number of nitrogens with one attached hydrogen (secondary N) is 1. The highest BCUT2D eigenvalue weighted by Crippen LogP contribution is 2.14. The lowest BCUT2D eigenvalue weighted by Crippen LogP contribution is -2.21. The number of carbonyl (C=O) groups is 1. The zero-order chi connectivity index (χ0) is 13.0. The fourth-order valence-electron chi connectivity index (χ4n) is 1.44. The lowest BCUT2D eigenvalue weighted by molar-refractivity contribution is -0.119. The third-order valence-corrected chi connectivity index (χ3v) is 2.35. The van der Waals surface area contributed by atoms with Crippen LogP contribution in [0, 0.1) is 0 Å². The molecule has 7 nitrogen and oxygen atoms in total. The average Bonchev–Trinajstić information content (AvgIpc) is 2.85. The normalized spacial score (nSPS) is 10.1. The molecule has 7 heteroatoms. The van der Waals surface area contributed by atoms with Crippen LogP contribution < -0.4 is 10.1 Å². The predicted octanol–water partition coefficient (Wildman–Crippen LogP) is 0.307. The molecule has 0 fully saturated rings. The van der Waals surface area contributed by atoms with Gasteiger partial charge in [0.15, 0.2) is 5.82 Å². The van der Waals surface area contributed by atoms with Gasteiger partial charge in [0.1, 0.15) is 5.75 Å². The number of ether oxygens (including phenoxy) is 1. The van der Waals surface area contributed by atoms with Gasteiger partial charge in [-0.2, -0.15) is 4.68 Å². The van der Waals surface area contributed by atoms with E-state index in [0.29, 0.717) is 5.82 Å². The maximum atomic E-state index is 10.9. The summed E-state index contributed by atoms with van der Waals surface area (Å²) in [6.07, 6.45) is 0. The van der Waals surface area contributed by atoms with Gasteiger partial charge in [-0.25, -0.2) is 0 Å². The molecule has 0 unspecified atom stereocenters. The fraction of sp³-hybridized carbons (Fsp3) is 0.273. The molecule has 1 aromatic heterocycles. The molecule has 1 N–H and O–H groups in total. The van der Waals surface area contributed by atoms with Crippen molar-refractivity contribution in [1.29, 1.82) is 0 Å². The summed E-state index contributed by atoms with van der Waals surface area (Å²) in [5, 5.41) is 14.0. The first kappa shape index (κ1) is 12.0. The molecule has 2 aromatic rings. The van der Waals surface area contributed by atoms with Crippen LogP contribution in [0.15, 0.2) is 24.3 Å². The Morgan fingerprint density at radius 2 is 2.11 bits per heavy atom. The third kappa shape index (κ3) is 2.62. The van der Waals surface area contributed by atoms with Crippen LogP contribution in [0.5, 0.6) is 5.75 Å². The Kier molecular flexibility index (Phi) is 3.52. The summed E-state index contributed by atoms with van der Waals surface area (Å²) in [5.41, 5.74) is 0.807. The Balaban J connectivity index is 2.21. The molecule has 1 amide bonds. The van der Waals surface area contributed by atoms with Gasteiger partial charge in [-0.3, -0.25) is 4.79 Å². The van der Waals surface area contributed by atoms with Crippen molar-refractivity contribution in [2.45, 2.75) is 13.5 Å². The maximum Gasteiger partial charge on any atom is 0.217 e. The van der Waals surface area contributed by atoms with Gasteiger partial charge in [-0.1, -0.05) is 0 Å². The van der Waals surface area contributed by atoms with Crippen molar-refractivity contribution < 1.29 is 9.53 Å². The van der Waals surface area contributed by atoms with Gasteiger partial charge >= 0.3 is 0 Å². The number of aromatic nitrogens is 4. The summed E-state index contributed by atoms with van der Waals surface area (Å²) < 4.78 is 6.64. The Labute approximate surface area is 104 Å². The van der Waals surface area contributed by atoms with Crippen molar-refractivity contribution >= 4 is 5.91 Å². The first-order valence-corrected chi connectivity index (χ1v) is 5.37. The quantitative estimate of drug-likeness (QED) is 0.840. The summed E-state index contributed by atoms with van der Waals surface area (Å²) in [6.45, 7) is 1.73. The lowest BCUT2D eigenvalue weighted by Gasteiger charge is -2.05. The summed E-state index contributed by atoms with van der Waals surface area (Å²) in [7, 11) is 1.61. The predicted molar refractivity (Wildman–Crippen MR) is 63.2 cm³/mol. The number of rotatable bonds is 4. The van der Waals surface area contributed by atoms with Gasteiger partial charge in [0.25, 0.3) is 0 Å². The smallest absolute Gasteiger partial charge is 0.217 e. The average molecular weight is 247 g/mol. The molecule has 1 heterocycles. The molecule has 0 aliphatic carbocycles. The van der Waals surface area contributed by atoms with E-state index in [2.05, 4.69) is 20.8 Å². The van der Waals surface area contributed by atoms with Crippen molar-refractivity contribution in [2.75, 3.05) is 7.11 Å². The molecule has 94 valence electrons. The summed E-state index contributed by atoms with van der Waals surface area (Å²) in [5.74, 6) is 1.20. The van der Waals surface area contributed by atoms with E-state index in [1.807, 2.05) is 24.3 Å². The van der Waals surface area contributed by atoms with Crippen LogP contribution in [0.4, 0.5) is 0 Å². The van der Waals surface area contributed by atoms with Crippen LogP contribution in [0.25, 0.3) is 5.69 Å². The largest absolute Gasteiger partial charge is 0.497 e. The van der Waals surface area contributed by atoms with Gasteiger partial charge < -0.3 is 10.1 Å². The van der Waals surface area contributed by atoms with Crippen LogP contribution in [0.2, 0.25) is 0 Å². The summed E-state index contributed by atoms with van der Waals surface area (Å²) >= 11 is 0. The third-order valence-electron chi connectivity index (χ3n) is 2.35. The van der Waals surface area contributed by atoms with E-state index in [0.717, 1.165) is 11.4 Å². The Bertz CT molecular complexity index is 535. The molecule has 0 aliphatic heterocycles. The van der Waals surface area contributed by atoms with Gasteiger partial charge in [0.05, 0.1) is 19.3 Å². The summed E-state index contributed by atoms with van der Waals surface area (Å²) in [6, 6.07) is 7.32. The molecule has 0 aliphatic rings. The Morgan fingerprint density at radius 1 is 1.39 bits per heavy atom. The SMILES string of the molecule is COc1ccc(-n2nnnc2CNC(C)=O)cc1. The minimum Gasteiger partial charge on any atom is -0.497 e. The van der Waals surface area contributed by atoms with Crippen molar-refractivity contribution in [2.24, 2.45) is 0 Å². The minimum atomic E-state index is -0.126. The number of benzene rings is 1. The standard InChI is InChI=1S/C11H13N5O2/c1-8(17)12-7-11-13-14-15-16(11)9-3-5-10(18-2)6-4-9/h3-6H,7H2,1-2H3,(H,12,17). The van der Waals surface area contributed by atoms with Gasteiger partial charge in [0.2, 0.25) is 5.91 Å². The second-order valence-corrected chi connectivity index (χ2v) is 3.61. The molecule has 2 rings (SSSR count). The molecular weight excluding hydrogens is 234 g/mol. The van der Waals surface area contributed by atoms with E-state index in [1.165, 1.54) is 6.92 Å². The van der Waals surface area contributed by atoms with Crippen molar-refractivity contribution in [3.8, 4) is 11.4 Å². The van der Waals surface area contributed by atoms with E-state index in [1.54, 1.807) is 11.8 Å². The lowest BCUT2D eigenvalue weighted by atomic mass is 10.3. The van der Waals surface area contributed by atoms with E-state index >= 15 is 0 Å². The monoisotopic (exact) mass is 247 g/mol. The number of hydrogen-bond donors (Lipinski definition) is 1. The maximum absolute atomic E-state index is 10.9. The van der Waals surface area contributed by atoms with Crippen LogP contribution >= 0.6 is 0 Å². The van der Waals surface area contributed by atoms with Crippen LogP contribution in [0.3, 0.4) is 0 Å². The first-order chi connectivity index (χ1) is 8.70. The number of carbonyl (C=O) groups excluding carboxylic acids is 1. The molecular formula is C11H13N5O2. The number of tetrazole rings is 1. The zero-order valence-electron chi connectivity index (χ0n) is 10.1. The fourth-order valence-corrected chi connectivity index (χ4v) is 1.44. The van der Waals surface area contributed by atoms with Crippen molar-refractivity contribution in [3.63, 3.8) is 0 Å². The van der Waals surface area contributed by atoms with Crippen LogP contribution in [-0.4, -0.2) is 33.2 Å². The Morgan fingerprint density at radius 3 is 2.72 bits per heavy atom. The van der Waals surface area contributed by atoms with Gasteiger partial charge in [-0.15, -0.1) is 5.10 Å². The van der Waals surface area contributed by atoms with E-state index < -0.39 is 0 Å². The highest BCUT2D eigenvalue weighted by molar-refractivity contribution is 5.72. The minimum absolute atomic E-state index is 0.126. The molecule has 0 spiro atoms. The van der Waals surface area contributed by atoms with Crippen LogP contribution in [0.1, 0.15) is 12.7 Å². The van der Waals surface area contributed by atoms with Crippen molar-refractivity contribution in [1.82, 2.24) is 25.5 Å². The second-order valence-electron chi connectivity index (χ2n) is 3.61. The second kappa shape index (κ2) is 5.26. The summed E-state index contributed by atoms with van der Waals surface area (Å²) in [4.78, 5) is 10.9. The number of hydrogen-bond acceptors (Lipinski definition) is 5. The zero-order valence-corrected chi connectivity index (χ0v) is 10.1. The number of methoxy groups -OCH3 is 1. The molecule has 0 bridgehead atoms. The van der Waals surface area contributed by atoms with Crippen molar-refractivity contribution in [3.05, 3.63) is 30.1 Å². The van der Waals surface area contributed by atoms with E-state index in [4.69, 9.17) is 4.74 Å². The number of nitrogens with zero attached hydrogens (tertiary/aromatic N) is 4. The highest BCUT2D eigenvalue weighted by Gasteiger charge is 2.08. The molecule has 18 heavy (non-hydrogen) atoms. The topological polar surface area (TPSA) is 81.9 Å². The molecule has 0 radical (unpaired) electrons.